The van der Waals surface area contributed by atoms with E-state index >= 15 is 0 Å². The Balaban J connectivity index is 1.90. The molecule has 1 fully saturated rings. The molecular formula is C15H20N4OS. The Bertz CT molecular complexity index is 660. The number of carbonyl (C=O) groups is 1. The highest BCUT2D eigenvalue weighted by Gasteiger charge is 2.31. The molecule has 1 aliphatic heterocycles. The molecule has 0 radical (unpaired) electrons. The van der Waals surface area contributed by atoms with Crippen molar-refractivity contribution in [2.75, 3.05) is 6.54 Å². The minimum atomic E-state index is 0.0816. The minimum absolute atomic E-state index is 0.0816. The summed E-state index contributed by atoms with van der Waals surface area (Å²) in [5, 5.41) is 7.40. The molecule has 21 heavy (non-hydrogen) atoms. The molecule has 1 atom stereocenters. The molecule has 6 heteroatoms. The van der Waals surface area contributed by atoms with Gasteiger partial charge in [-0.15, -0.1) is 11.3 Å². The summed E-state index contributed by atoms with van der Waals surface area (Å²) in [7, 11) is 1.85. The van der Waals surface area contributed by atoms with Gasteiger partial charge in [-0.1, -0.05) is 0 Å². The molecule has 0 saturated carbocycles. The normalized spacial score (nSPS) is 19.0. The predicted octanol–water partition coefficient (Wildman–Crippen LogP) is 2.86. The molecule has 0 aromatic carbocycles. The van der Waals surface area contributed by atoms with Gasteiger partial charge in [-0.25, -0.2) is 4.98 Å². The quantitative estimate of drug-likeness (QED) is 0.857. The van der Waals surface area contributed by atoms with Crippen LogP contribution < -0.4 is 0 Å². The number of nitrogens with zero attached hydrogens (tertiary/aromatic N) is 4. The lowest BCUT2D eigenvalue weighted by Crippen LogP contribution is -2.38. The Morgan fingerprint density at radius 2 is 2.19 bits per heavy atom. The van der Waals surface area contributed by atoms with E-state index in [1.54, 1.807) is 16.0 Å². The van der Waals surface area contributed by atoms with E-state index < -0.39 is 0 Å². The number of rotatable bonds is 2. The van der Waals surface area contributed by atoms with Crippen molar-refractivity contribution in [3.63, 3.8) is 0 Å². The fourth-order valence-corrected chi connectivity index (χ4v) is 3.86. The van der Waals surface area contributed by atoms with Crippen molar-refractivity contribution in [3.05, 3.63) is 33.5 Å². The third-order valence-corrected chi connectivity index (χ3v) is 4.99. The molecule has 2 aromatic heterocycles. The number of aromatic nitrogens is 3. The van der Waals surface area contributed by atoms with Gasteiger partial charge in [0.05, 0.1) is 17.3 Å². The average Bonchev–Trinajstić information content (AvgIpc) is 3.04. The zero-order valence-corrected chi connectivity index (χ0v) is 13.5. The smallest absolute Gasteiger partial charge is 0.257 e. The van der Waals surface area contributed by atoms with E-state index in [9.17, 15) is 4.79 Å². The summed E-state index contributed by atoms with van der Waals surface area (Å²) in [4.78, 5) is 19.4. The van der Waals surface area contributed by atoms with E-state index in [1.807, 2.05) is 32.0 Å². The van der Waals surface area contributed by atoms with Crippen LogP contribution in [0.2, 0.25) is 0 Å². The van der Waals surface area contributed by atoms with Crippen LogP contribution in [-0.2, 0) is 7.05 Å². The molecule has 3 heterocycles. The van der Waals surface area contributed by atoms with Crippen molar-refractivity contribution in [3.8, 4) is 0 Å². The third-order valence-electron chi connectivity index (χ3n) is 3.93. The van der Waals surface area contributed by atoms with Gasteiger partial charge >= 0.3 is 0 Å². The molecule has 1 aliphatic rings. The van der Waals surface area contributed by atoms with Crippen LogP contribution in [0.1, 0.15) is 52.1 Å². The Morgan fingerprint density at radius 1 is 1.38 bits per heavy atom. The van der Waals surface area contributed by atoms with Crippen LogP contribution in [0, 0.1) is 13.8 Å². The van der Waals surface area contributed by atoms with Gasteiger partial charge in [0, 0.05) is 30.9 Å². The summed E-state index contributed by atoms with van der Waals surface area (Å²) < 4.78 is 1.70. The first-order valence-electron chi connectivity index (χ1n) is 7.29. The molecule has 0 aliphatic carbocycles. The molecular weight excluding hydrogens is 284 g/mol. The number of hydrogen-bond acceptors (Lipinski definition) is 4. The zero-order chi connectivity index (χ0) is 15.0. The van der Waals surface area contributed by atoms with Gasteiger partial charge in [0.2, 0.25) is 0 Å². The predicted molar refractivity (Wildman–Crippen MR) is 82.4 cm³/mol. The second-order valence-corrected chi connectivity index (χ2v) is 6.53. The van der Waals surface area contributed by atoms with Crippen LogP contribution in [0.3, 0.4) is 0 Å². The van der Waals surface area contributed by atoms with E-state index in [-0.39, 0.29) is 11.9 Å². The van der Waals surface area contributed by atoms with Gasteiger partial charge in [0.25, 0.3) is 5.91 Å². The van der Waals surface area contributed by atoms with E-state index in [1.165, 1.54) is 0 Å². The summed E-state index contributed by atoms with van der Waals surface area (Å²) in [5.41, 5.74) is 2.53. The van der Waals surface area contributed by atoms with Crippen molar-refractivity contribution in [2.45, 2.75) is 39.2 Å². The van der Waals surface area contributed by atoms with Crippen molar-refractivity contribution in [1.29, 1.82) is 0 Å². The fraction of sp³-hybridized carbons (Fsp3) is 0.533. The maximum absolute atomic E-state index is 12.9. The molecule has 0 N–H and O–H groups in total. The highest BCUT2D eigenvalue weighted by Crippen LogP contribution is 2.34. The average molecular weight is 304 g/mol. The van der Waals surface area contributed by atoms with Crippen LogP contribution in [0.15, 0.2) is 11.6 Å². The number of carbonyl (C=O) groups excluding carboxylic acids is 1. The second-order valence-electron chi connectivity index (χ2n) is 5.64. The summed E-state index contributed by atoms with van der Waals surface area (Å²) in [6.45, 7) is 4.69. The molecule has 1 amide bonds. The maximum Gasteiger partial charge on any atom is 0.257 e. The van der Waals surface area contributed by atoms with E-state index in [0.29, 0.717) is 5.56 Å². The first-order valence-corrected chi connectivity index (χ1v) is 8.17. The summed E-state index contributed by atoms with van der Waals surface area (Å²) in [6.07, 6.45) is 5.03. The number of piperidine rings is 1. The molecule has 0 spiro atoms. The van der Waals surface area contributed by atoms with Crippen molar-refractivity contribution in [2.24, 2.45) is 7.05 Å². The van der Waals surface area contributed by atoms with E-state index in [4.69, 9.17) is 0 Å². The number of aryl methyl sites for hydroxylation is 3. The van der Waals surface area contributed by atoms with Crippen LogP contribution >= 0.6 is 11.3 Å². The van der Waals surface area contributed by atoms with Gasteiger partial charge in [-0.2, -0.15) is 5.10 Å². The molecule has 0 bridgehead atoms. The van der Waals surface area contributed by atoms with E-state index in [2.05, 4.69) is 15.5 Å². The number of amides is 1. The monoisotopic (exact) mass is 304 g/mol. The number of hydrogen-bond donors (Lipinski definition) is 0. The van der Waals surface area contributed by atoms with E-state index in [0.717, 1.165) is 42.2 Å². The SMILES string of the molecule is Cc1csc([C@H]2CCCCN2C(=O)c2cn(C)nc2C)n1. The van der Waals surface area contributed by atoms with Gasteiger partial charge in [-0.05, 0) is 33.1 Å². The van der Waals surface area contributed by atoms with Crippen LogP contribution in [0.5, 0.6) is 0 Å². The molecule has 112 valence electrons. The maximum atomic E-state index is 12.9. The summed E-state index contributed by atoms with van der Waals surface area (Å²) in [6, 6.07) is 0.115. The van der Waals surface area contributed by atoms with Gasteiger partial charge in [-0.3, -0.25) is 9.48 Å². The third kappa shape index (κ3) is 2.72. The van der Waals surface area contributed by atoms with Crippen LogP contribution in [0.25, 0.3) is 0 Å². The van der Waals surface area contributed by atoms with Crippen LogP contribution in [-0.4, -0.2) is 32.1 Å². The molecule has 5 nitrogen and oxygen atoms in total. The minimum Gasteiger partial charge on any atom is -0.329 e. The van der Waals surface area contributed by atoms with Gasteiger partial charge in [0.15, 0.2) is 0 Å². The lowest BCUT2D eigenvalue weighted by atomic mass is 10.0. The Kier molecular flexibility index (Phi) is 3.80. The fourth-order valence-electron chi connectivity index (χ4n) is 2.92. The van der Waals surface area contributed by atoms with Gasteiger partial charge < -0.3 is 4.90 Å². The molecule has 1 saturated heterocycles. The lowest BCUT2D eigenvalue weighted by molar-refractivity contribution is 0.0610. The topological polar surface area (TPSA) is 51.0 Å². The first-order chi connectivity index (χ1) is 10.1. The van der Waals surface area contributed by atoms with Gasteiger partial charge in [0.1, 0.15) is 5.01 Å². The highest BCUT2D eigenvalue weighted by molar-refractivity contribution is 7.09. The lowest BCUT2D eigenvalue weighted by Gasteiger charge is -2.34. The van der Waals surface area contributed by atoms with Crippen LogP contribution in [0.4, 0.5) is 0 Å². The standard InChI is InChI=1S/C15H20N4OS/c1-10-9-21-14(16-10)13-6-4-5-7-19(13)15(20)12-8-18(3)17-11(12)2/h8-9,13H,4-7H2,1-3H3/t13-/m1/s1. The number of thiazole rings is 1. The summed E-state index contributed by atoms with van der Waals surface area (Å²) in [5.74, 6) is 0.0816. The van der Waals surface area contributed by atoms with Crippen molar-refractivity contribution in [1.82, 2.24) is 19.7 Å². The second kappa shape index (κ2) is 5.60. The zero-order valence-electron chi connectivity index (χ0n) is 12.7. The summed E-state index contributed by atoms with van der Waals surface area (Å²) >= 11 is 1.66. The largest absolute Gasteiger partial charge is 0.329 e. The Morgan fingerprint density at radius 3 is 2.81 bits per heavy atom. The van der Waals surface area contributed by atoms with Crippen molar-refractivity contribution >= 4 is 17.2 Å². The first kappa shape index (κ1) is 14.3. The molecule has 3 rings (SSSR count). The Hall–Kier alpha value is -1.69. The highest BCUT2D eigenvalue weighted by atomic mass is 32.1. The Labute approximate surface area is 128 Å². The molecule has 2 aromatic rings. The number of likely N-dealkylation sites (tertiary alicyclic amines) is 1. The molecule has 0 unspecified atom stereocenters. The van der Waals surface area contributed by atoms with Crippen molar-refractivity contribution < 1.29 is 4.79 Å².